The SMILES string of the molecule is N#Cc1c(N)c(C#N)c2c(c1-c1ccc(Cl)cc1)CSc1ccccc1-2. The van der Waals surface area contributed by atoms with Crippen LogP contribution in [0.15, 0.2) is 53.4 Å². The predicted octanol–water partition coefficient (Wildman–Crippen LogP) is 5.61. The third-order valence-electron chi connectivity index (χ3n) is 4.53. The maximum absolute atomic E-state index is 9.76. The lowest BCUT2D eigenvalue weighted by Gasteiger charge is -2.25. The molecule has 0 radical (unpaired) electrons. The van der Waals surface area contributed by atoms with E-state index in [1.165, 1.54) is 0 Å². The fourth-order valence-electron chi connectivity index (χ4n) is 3.38. The average molecular weight is 374 g/mol. The first-order valence-corrected chi connectivity index (χ1v) is 9.28. The highest BCUT2D eigenvalue weighted by Gasteiger charge is 2.28. The molecule has 2 N–H and O–H groups in total. The molecule has 1 aliphatic rings. The molecule has 124 valence electrons. The van der Waals surface area contributed by atoms with Crippen molar-refractivity contribution in [2.45, 2.75) is 10.6 Å². The van der Waals surface area contributed by atoms with Crippen LogP contribution in [0.25, 0.3) is 22.3 Å². The summed E-state index contributed by atoms with van der Waals surface area (Å²) in [6.07, 6.45) is 0. The summed E-state index contributed by atoms with van der Waals surface area (Å²) in [6.45, 7) is 0. The van der Waals surface area contributed by atoms with E-state index < -0.39 is 0 Å². The van der Waals surface area contributed by atoms with Crippen molar-refractivity contribution in [2.24, 2.45) is 0 Å². The van der Waals surface area contributed by atoms with E-state index in [0.717, 1.165) is 32.7 Å². The summed E-state index contributed by atoms with van der Waals surface area (Å²) in [4.78, 5) is 1.11. The molecule has 1 aliphatic heterocycles. The van der Waals surface area contributed by atoms with Gasteiger partial charge in [-0.15, -0.1) is 11.8 Å². The summed E-state index contributed by atoms with van der Waals surface area (Å²) in [6, 6.07) is 19.8. The van der Waals surface area contributed by atoms with Gasteiger partial charge in [-0.2, -0.15) is 10.5 Å². The number of hydrogen-bond acceptors (Lipinski definition) is 4. The first-order valence-electron chi connectivity index (χ1n) is 7.92. The van der Waals surface area contributed by atoms with Gasteiger partial charge in [-0.25, -0.2) is 0 Å². The van der Waals surface area contributed by atoms with Gasteiger partial charge in [0.2, 0.25) is 0 Å². The minimum Gasteiger partial charge on any atom is -0.397 e. The Kier molecular flexibility index (Phi) is 4.09. The van der Waals surface area contributed by atoms with Crippen LogP contribution in [0.4, 0.5) is 5.69 Å². The molecule has 0 aromatic heterocycles. The Hall–Kier alpha value is -2.92. The molecule has 26 heavy (non-hydrogen) atoms. The Morgan fingerprint density at radius 3 is 2.27 bits per heavy atom. The zero-order valence-corrected chi connectivity index (χ0v) is 15.2. The van der Waals surface area contributed by atoms with Crippen molar-refractivity contribution in [3.8, 4) is 34.4 Å². The number of nitrogen functional groups attached to an aromatic ring is 1. The fourth-order valence-corrected chi connectivity index (χ4v) is 4.59. The van der Waals surface area contributed by atoms with E-state index in [1.807, 2.05) is 36.4 Å². The molecule has 3 nitrogen and oxygen atoms in total. The number of benzene rings is 3. The maximum atomic E-state index is 9.76. The van der Waals surface area contributed by atoms with Crippen LogP contribution in [-0.2, 0) is 5.75 Å². The zero-order chi connectivity index (χ0) is 18.3. The highest BCUT2D eigenvalue weighted by molar-refractivity contribution is 7.98. The number of hydrogen-bond donors (Lipinski definition) is 1. The number of rotatable bonds is 1. The van der Waals surface area contributed by atoms with E-state index in [4.69, 9.17) is 17.3 Å². The number of nitriles is 2. The fraction of sp³-hybridized carbons (Fsp3) is 0.0476. The van der Waals surface area contributed by atoms with Crippen LogP contribution in [0.1, 0.15) is 16.7 Å². The molecule has 3 aromatic carbocycles. The molecular formula is C21H12ClN3S. The largest absolute Gasteiger partial charge is 0.397 e. The number of halogens is 1. The number of fused-ring (bicyclic) bond motifs is 3. The van der Waals surface area contributed by atoms with E-state index in [9.17, 15) is 10.5 Å². The van der Waals surface area contributed by atoms with E-state index in [1.54, 1.807) is 23.9 Å². The highest BCUT2D eigenvalue weighted by atomic mass is 35.5. The van der Waals surface area contributed by atoms with Gasteiger partial charge < -0.3 is 5.73 Å². The molecule has 0 fully saturated rings. The molecule has 3 aromatic rings. The number of anilines is 1. The van der Waals surface area contributed by atoms with Gasteiger partial charge in [0.1, 0.15) is 12.1 Å². The smallest absolute Gasteiger partial charge is 0.102 e. The van der Waals surface area contributed by atoms with Crippen LogP contribution >= 0.6 is 23.4 Å². The highest BCUT2D eigenvalue weighted by Crippen LogP contribution is 2.49. The number of nitrogens with zero attached hydrogens (tertiary/aromatic N) is 2. The van der Waals surface area contributed by atoms with Gasteiger partial charge in [0.25, 0.3) is 0 Å². The molecule has 0 amide bonds. The van der Waals surface area contributed by atoms with Crippen LogP contribution in [-0.4, -0.2) is 0 Å². The van der Waals surface area contributed by atoms with Gasteiger partial charge in [-0.1, -0.05) is 41.9 Å². The quantitative estimate of drug-likeness (QED) is 0.563. The van der Waals surface area contributed by atoms with Crippen LogP contribution < -0.4 is 5.73 Å². The molecule has 0 spiro atoms. The zero-order valence-electron chi connectivity index (χ0n) is 13.6. The minimum absolute atomic E-state index is 0.236. The molecule has 0 atom stereocenters. The third-order valence-corrected chi connectivity index (χ3v) is 5.88. The molecule has 0 unspecified atom stereocenters. The monoisotopic (exact) mass is 373 g/mol. The number of nitrogens with two attached hydrogens (primary N) is 1. The molecule has 0 bridgehead atoms. The predicted molar refractivity (Wildman–Crippen MR) is 106 cm³/mol. The normalized spacial score (nSPS) is 11.8. The lowest BCUT2D eigenvalue weighted by Crippen LogP contribution is -2.08. The summed E-state index contributed by atoms with van der Waals surface area (Å²) in [5.41, 5.74) is 11.7. The van der Waals surface area contributed by atoms with Crippen LogP contribution in [0.2, 0.25) is 5.02 Å². The molecule has 0 saturated carbocycles. The Balaban J connectivity index is 2.15. The molecule has 0 saturated heterocycles. The van der Waals surface area contributed by atoms with Gasteiger partial charge in [0, 0.05) is 26.8 Å². The van der Waals surface area contributed by atoms with Crippen LogP contribution in [0.5, 0.6) is 0 Å². The van der Waals surface area contributed by atoms with E-state index in [2.05, 4.69) is 12.1 Å². The maximum Gasteiger partial charge on any atom is 0.102 e. The topological polar surface area (TPSA) is 73.6 Å². The van der Waals surface area contributed by atoms with Crippen molar-refractivity contribution in [3.05, 3.63) is 70.2 Å². The van der Waals surface area contributed by atoms with E-state index in [-0.39, 0.29) is 5.69 Å². The van der Waals surface area contributed by atoms with Gasteiger partial charge in [-0.05, 0) is 34.9 Å². The van der Waals surface area contributed by atoms with Crippen LogP contribution in [0.3, 0.4) is 0 Å². The van der Waals surface area contributed by atoms with Crippen molar-refractivity contribution in [2.75, 3.05) is 5.73 Å². The van der Waals surface area contributed by atoms with Crippen molar-refractivity contribution >= 4 is 29.1 Å². The minimum atomic E-state index is 0.236. The Morgan fingerprint density at radius 2 is 1.58 bits per heavy atom. The summed E-state index contributed by atoms with van der Waals surface area (Å²) in [7, 11) is 0. The second-order valence-electron chi connectivity index (χ2n) is 5.91. The van der Waals surface area contributed by atoms with Gasteiger partial charge in [0.05, 0.1) is 16.8 Å². The van der Waals surface area contributed by atoms with E-state index >= 15 is 0 Å². The van der Waals surface area contributed by atoms with Gasteiger partial charge in [-0.3, -0.25) is 0 Å². The van der Waals surface area contributed by atoms with Crippen molar-refractivity contribution in [1.29, 1.82) is 10.5 Å². The summed E-state index contributed by atoms with van der Waals surface area (Å²) in [5.74, 6) is 0.675. The Labute approximate surface area is 160 Å². The standard InChI is InChI=1S/C21H12ClN3S/c22-13-7-5-12(6-8-13)19-15(9-23)21(25)16(10-24)20-14-3-1-2-4-18(14)26-11-17(19)20/h1-8H,11,25H2. The van der Waals surface area contributed by atoms with Gasteiger partial charge in [0.15, 0.2) is 0 Å². The van der Waals surface area contributed by atoms with Crippen molar-refractivity contribution in [1.82, 2.24) is 0 Å². The Morgan fingerprint density at radius 1 is 0.923 bits per heavy atom. The first-order chi connectivity index (χ1) is 12.7. The molecule has 0 aliphatic carbocycles. The van der Waals surface area contributed by atoms with Crippen molar-refractivity contribution < 1.29 is 0 Å². The first kappa shape index (κ1) is 16.5. The molecular weight excluding hydrogens is 362 g/mol. The summed E-state index contributed by atoms with van der Waals surface area (Å²) >= 11 is 7.73. The van der Waals surface area contributed by atoms with E-state index in [0.29, 0.717) is 21.9 Å². The Bertz CT molecular complexity index is 1120. The van der Waals surface area contributed by atoms with Crippen LogP contribution in [0, 0.1) is 22.7 Å². The second-order valence-corrected chi connectivity index (χ2v) is 7.36. The molecule has 1 heterocycles. The number of thioether (sulfide) groups is 1. The summed E-state index contributed by atoms with van der Waals surface area (Å²) in [5, 5.41) is 20.1. The summed E-state index contributed by atoms with van der Waals surface area (Å²) < 4.78 is 0. The van der Waals surface area contributed by atoms with Crippen molar-refractivity contribution in [3.63, 3.8) is 0 Å². The molecule has 5 heteroatoms. The van der Waals surface area contributed by atoms with Gasteiger partial charge >= 0.3 is 0 Å². The second kappa shape index (κ2) is 6.42. The third kappa shape index (κ3) is 2.44. The lowest BCUT2D eigenvalue weighted by molar-refractivity contribution is 1.29. The lowest BCUT2D eigenvalue weighted by atomic mass is 9.84. The molecule has 4 rings (SSSR count). The average Bonchev–Trinajstić information content (AvgIpc) is 2.67.